The summed E-state index contributed by atoms with van der Waals surface area (Å²) in [5, 5.41) is 10.9. The lowest BCUT2D eigenvalue weighted by Gasteiger charge is -2.36. The smallest absolute Gasteiger partial charge is 0.345 e. The highest BCUT2D eigenvalue weighted by Gasteiger charge is 2.30. The van der Waals surface area contributed by atoms with Crippen LogP contribution in [0.3, 0.4) is 0 Å². The summed E-state index contributed by atoms with van der Waals surface area (Å²) in [6, 6.07) is 28.6. The number of hydrogen-bond acceptors (Lipinski definition) is 5. The number of rotatable bonds is 7. The number of thiophene rings is 1. The number of fused-ring (bicyclic) bond motifs is 2. The molecule has 2 fully saturated rings. The number of hydrogen-bond donors (Lipinski definition) is 1. The van der Waals surface area contributed by atoms with Gasteiger partial charge in [0.25, 0.3) is 0 Å². The molecule has 2 aliphatic heterocycles. The number of nitrogens with zero attached hydrogens (tertiary/aromatic N) is 4. The molecule has 0 unspecified atom stereocenters. The normalized spacial score (nSPS) is 15.9. The van der Waals surface area contributed by atoms with Crippen LogP contribution in [0.5, 0.6) is 0 Å². The van der Waals surface area contributed by atoms with Gasteiger partial charge >= 0.3 is 5.97 Å². The van der Waals surface area contributed by atoms with Gasteiger partial charge in [-0.25, -0.2) is 14.2 Å². The number of pyridine rings is 1. The Hall–Kier alpha value is -4.86. The summed E-state index contributed by atoms with van der Waals surface area (Å²) < 4.78 is 16.4. The van der Waals surface area contributed by atoms with Gasteiger partial charge in [-0.05, 0) is 98.4 Å². The third-order valence-corrected chi connectivity index (χ3v) is 11.0. The van der Waals surface area contributed by atoms with E-state index in [2.05, 4.69) is 11.0 Å². The first-order valence-corrected chi connectivity index (χ1v) is 17.4. The molecule has 0 saturated carbocycles. The van der Waals surface area contributed by atoms with Crippen LogP contribution in [0.4, 0.5) is 4.39 Å². The summed E-state index contributed by atoms with van der Waals surface area (Å²) in [6.07, 6.45) is 4.48. The van der Waals surface area contributed by atoms with Gasteiger partial charge in [0.2, 0.25) is 5.91 Å². The Morgan fingerprint density at radius 3 is 2.29 bits per heavy atom. The monoisotopic (exact) mass is 658 g/mol. The molecule has 1 amide bonds. The van der Waals surface area contributed by atoms with E-state index in [9.17, 15) is 19.1 Å². The van der Waals surface area contributed by atoms with Crippen LogP contribution in [0.25, 0.3) is 54.8 Å². The third-order valence-electron chi connectivity index (χ3n) is 9.88. The number of carboxylic acid groups (broad SMARTS) is 1. The Balaban J connectivity index is 1.21. The molecule has 0 aliphatic carbocycles. The topological polar surface area (TPSA) is 78.7 Å². The fourth-order valence-corrected chi connectivity index (χ4v) is 8.51. The van der Waals surface area contributed by atoms with Crippen molar-refractivity contribution >= 4 is 44.3 Å². The van der Waals surface area contributed by atoms with Crippen LogP contribution in [0.15, 0.2) is 91.0 Å². The molecule has 9 heteroatoms. The predicted octanol–water partition coefficient (Wildman–Crippen LogP) is 8.18. The molecule has 0 bridgehead atoms. The molecule has 8 rings (SSSR count). The second-order valence-corrected chi connectivity index (χ2v) is 13.8. The van der Waals surface area contributed by atoms with Crippen molar-refractivity contribution in [2.24, 2.45) is 0 Å². The minimum Gasteiger partial charge on any atom is -0.477 e. The van der Waals surface area contributed by atoms with E-state index >= 15 is 0 Å². The van der Waals surface area contributed by atoms with Crippen LogP contribution in [0, 0.1) is 5.82 Å². The number of aromatic nitrogens is 2. The molecule has 242 valence electrons. The molecule has 7 nitrogen and oxygen atoms in total. The number of carbonyl (C=O) groups is 2. The highest BCUT2D eigenvalue weighted by Crippen LogP contribution is 2.45. The first-order chi connectivity index (χ1) is 23.4. The van der Waals surface area contributed by atoms with Crippen molar-refractivity contribution in [3.05, 3.63) is 102 Å². The summed E-state index contributed by atoms with van der Waals surface area (Å²) in [4.78, 5) is 35.9. The van der Waals surface area contributed by atoms with Gasteiger partial charge in [0.1, 0.15) is 17.2 Å². The molecule has 48 heavy (non-hydrogen) atoms. The van der Waals surface area contributed by atoms with Crippen molar-refractivity contribution in [2.45, 2.75) is 38.3 Å². The fourth-order valence-electron chi connectivity index (χ4n) is 7.44. The Kier molecular flexibility index (Phi) is 8.02. The summed E-state index contributed by atoms with van der Waals surface area (Å²) in [5.41, 5.74) is 6.80. The van der Waals surface area contributed by atoms with Crippen molar-refractivity contribution in [2.75, 3.05) is 26.2 Å². The van der Waals surface area contributed by atoms with E-state index in [0.717, 1.165) is 93.8 Å². The maximum atomic E-state index is 14.1. The molecule has 0 atom stereocenters. The zero-order chi connectivity index (χ0) is 32.8. The van der Waals surface area contributed by atoms with Crippen molar-refractivity contribution in [1.82, 2.24) is 19.4 Å². The molecule has 2 aliphatic rings. The minimum atomic E-state index is -0.979. The third kappa shape index (κ3) is 5.67. The second-order valence-electron chi connectivity index (χ2n) is 12.8. The van der Waals surface area contributed by atoms with Crippen LogP contribution in [0.2, 0.25) is 0 Å². The Morgan fingerprint density at radius 1 is 0.833 bits per heavy atom. The number of likely N-dealkylation sites (tertiary alicyclic amines) is 2. The molecule has 5 heterocycles. The van der Waals surface area contributed by atoms with Crippen molar-refractivity contribution in [3.63, 3.8) is 0 Å². The standard InChI is InChI=1S/C39H35FN4O3S/c40-29-12-8-25(9-13-29)31-14-10-27-22-28(11-15-32(27)41-31)37-36(26-6-2-1-3-7-26)38-33(23-34(48-38)39(46)47)44(37)24-35(45)43-20-16-30(17-21-43)42-18-4-5-19-42/h1-3,6-15,22-23,30H,4-5,16-21,24H2,(H,46,47). The SMILES string of the molecule is O=C(O)c1cc2c(s1)c(-c1ccccc1)c(-c1ccc3nc(-c4ccc(F)cc4)ccc3c1)n2CC(=O)N1CCC(N2CCCC2)CC1. The van der Waals surface area contributed by atoms with E-state index in [1.807, 2.05) is 64.1 Å². The van der Waals surface area contributed by atoms with Gasteiger partial charge in [-0.3, -0.25) is 4.79 Å². The summed E-state index contributed by atoms with van der Waals surface area (Å²) in [5.74, 6) is -1.23. The molecule has 1 N–H and O–H groups in total. The van der Waals surface area contributed by atoms with Gasteiger partial charge in [0, 0.05) is 35.6 Å². The highest BCUT2D eigenvalue weighted by atomic mass is 32.1. The van der Waals surface area contributed by atoms with Gasteiger partial charge in [-0.15, -0.1) is 11.3 Å². The highest BCUT2D eigenvalue weighted by molar-refractivity contribution is 7.21. The number of carbonyl (C=O) groups excluding carboxylic acids is 1. The first-order valence-electron chi connectivity index (χ1n) is 16.6. The van der Waals surface area contributed by atoms with Crippen molar-refractivity contribution in [1.29, 1.82) is 0 Å². The summed E-state index contributed by atoms with van der Waals surface area (Å²) >= 11 is 1.25. The van der Waals surface area contributed by atoms with E-state index in [1.54, 1.807) is 18.2 Å². The number of aromatic carboxylic acids is 1. The fraction of sp³-hybridized carbons (Fsp3) is 0.256. The molecule has 2 saturated heterocycles. The minimum absolute atomic E-state index is 0.0436. The number of halogens is 1. The average molecular weight is 659 g/mol. The van der Waals surface area contributed by atoms with Crippen LogP contribution in [-0.4, -0.2) is 68.6 Å². The van der Waals surface area contributed by atoms with Crippen LogP contribution >= 0.6 is 11.3 Å². The van der Waals surface area contributed by atoms with Crippen LogP contribution in [-0.2, 0) is 11.3 Å². The molecule has 3 aromatic heterocycles. The lowest BCUT2D eigenvalue weighted by Crippen LogP contribution is -2.46. The van der Waals surface area contributed by atoms with E-state index in [4.69, 9.17) is 4.98 Å². The van der Waals surface area contributed by atoms with Gasteiger partial charge < -0.3 is 19.5 Å². The number of carboxylic acids is 1. The summed E-state index contributed by atoms with van der Waals surface area (Å²) in [6.45, 7) is 3.89. The lowest BCUT2D eigenvalue weighted by molar-refractivity contribution is -0.133. The zero-order valence-corrected chi connectivity index (χ0v) is 27.3. The van der Waals surface area contributed by atoms with Crippen molar-refractivity contribution < 1.29 is 19.1 Å². The van der Waals surface area contributed by atoms with Gasteiger partial charge in [0.15, 0.2) is 0 Å². The lowest BCUT2D eigenvalue weighted by atomic mass is 9.99. The molecule has 6 aromatic rings. The van der Waals surface area contributed by atoms with Crippen LogP contribution in [0.1, 0.15) is 35.4 Å². The van der Waals surface area contributed by atoms with Crippen molar-refractivity contribution in [3.8, 4) is 33.6 Å². The molecule has 3 aromatic carbocycles. The van der Waals surface area contributed by atoms with Gasteiger partial charge in [-0.2, -0.15) is 0 Å². The number of benzene rings is 3. The molecule has 0 radical (unpaired) electrons. The average Bonchev–Trinajstić information content (AvgIpc) is 3.87. The maximum Gasteiger partial charge on any atom is 0.345 e. The second kappa shape index (κ2) is 12.6. The van der Waals surface area contributed by atoms with E-state index in [0.29, 0.717) is 6.04 Å². The number of piperidine rings is 1. The Bertz CT molecular complexity index is 2140. The first kappa shape index (κ1) is 30.5. The Labute approximate surface area is 281 Å². The van der Waals surface area contributed by atoms with Crippen LogP contribution < -0.4 is 0 Å². The Morgan fingerprint density at radius 2 is 1.56 bits per heavy atom. The molecular formula is C39H35FN4O3S. The largest absolute Gasteiger partial charge is 0.477 e. The van der Waals surface area contributed by atoms with E-state index in [1.165, 1.54) is 36.3 Å². The molecule has 0 spiro atoms. The summed E-state index contributed by atoms with van der Waals surface area (Å²) in [7, 11) is 0. The zero-order valence-electron chi connectivity index (χ0n) is 26.4. The predicted molar refractivity (Wildman–Crippen MR) is 189 cm³/mol. The van der Waals surface area contributed by atoms with Gasteiger partial charge in [-0.1, -0.05) is 42.5 Å². The quantitative estimate of drug-likeness (QED) is 0.187. The van der Waals surface area contributed by atoms with E-state index in [-0.39, 0.29) is 23.1 Å². The van der Waals surface area contributed by atoms with E-state index < -0.39 is 5.97 Å². The number of amides is 1. The molecular weight excluding hydrogens is 624 g/mol. The maximum absolute atomic E-state index is 14.1. The van der Waals surface area contributed by atoms with Gasteiger partial charge in [0.05, 0.1) is 27.1 Å².